The second-order valence-electron chi connectivity index (χ2n) is 3.98. The largest absolute Gasteiger partial charge is 0.320 e. The molecule has 0 radical (unpaired) electrons. The van der Waals surface area contributed by atoms with Gasteiger partial charge in [-0.05, 0) is 50.6 Å². The van der Waals surface area contributed by atoms with Crippen molar-refractivity contribution < 1.29 is 8.42 Å². The molecular formula is C12H19NO2S. The molecule has 1 aromatic rings. The Balaban J connectivity index is 2.52. The first kappa shape index (κ1) is 13.2. The number of benzene rings is 1. The summed E-state index contributed by atoms with van der Waals surface area (Å²) in [5.74, 6) is 0. The summed E-state index contributed by atoms with van der Waals surface area (Å²) in [4.78, 5) is 0.395. The molecule has 1 N–H and O–H groups in total. The lowest BCUT2D eigenvalue weighted by Crippen LogP contribution is -2.07. The molecule has 1 rings (SSSR count). The van der Waals surface area contributed by atoms with Crippen molar-refractivity contribution >= 4 is 9.84 Å². The van der Waals surface area contributed by atoms with Gasteiger partial charge in [-0.1, -0.05) is 12.1 Å². The van der Waals surface area contributed by atoms with Gasteiger partial charge < -0.3 is 5.32 Å². The number of hydrogen-bond acceptors (Lipinski definition) is 3. The van der Waals surface area contributed by atoms with Gasteiger partial charge >= 0.3 is 0 Å². The van der Waals surface area contributed by atoms with Crippen molar-refractivity contribution in [3.8, 4) is 0 Å². The van der Waals surface area contributed by atoms with E-state index in [0.29, 0.717) is 4.90 Å². The number of aryl methyl sites for hydroxylation is 1. The quantitative estimate of drug-likeness (QED) is 0.770. The van der Waals surface area contributed by atoms with Crippen LogP contribution in [-0.4, -0.2) is 28.3 Å². The predicted octanol–water partition coefficient (Wildman–Crippen LogP) is 1.63. The number of rotatable bonds is 6. The van der Waals surface area contributed by atoms with E-state index in [1.807, 2.05) is 19.2 Å². The molecule has 0 aliphatic rings. The van der Waals surface area contributed by atoms with Gasteiger partial charge in [-0.15, -0.1) is 0 Å². The molecule has 0 aromatic heterocycles. The summed E-state index contributed by atoms with van der Waals surface area (Å²) >= 11 is 0. The van der Waals surface area contributed by atoms with Crippen molar-refractivity contribution in [2.24, 2.45) is 0 Å². The standard InChI is InChI=1S/C12H19NO2S/c1-13-10-4-3-5-11-6-8-12(9-7-11)16(2,14)15/h6-9,13H,3-5,10H2,1-2H3. The highest BCUT2D eigenvalue weighted by atomic mass is 32.2. The third kappa shape index (κ3) is 4.33. The molecule has 0 saturated heterocycles. The highest BCUT2D eigenvalue weighted by molar-refractivity contribution is 7.90. The first-order valence-electron chi connectivity index (χ1n) is 5.47. The molecule has 0 fully saturated rings. The van der Waals surface area contributed by atoms with Crippen LogP contribution in [-0.2, 0) is 16.3 Å². The molecule has 0 amide bonds. The minimum absolute atomic E-state index is 0.395. The van der Waals surface area contributed by atoms with Crippen LogP contribution in [0.5, 0.6) is 0 Å². The molecule has 90 valence electrons. The average Bonchev–Trinajstić information content (AvgIpc) is 2.24. The van der Waals surface area contributed by atoms with Gasteiger partial charge in [-0.3, -0.25) is 0 Å². The molecule has 0 spiro atoms. The monoisotopic (exact) mass is 241 g/mol. The maximum absolute atomic E-state index is 11.2. The molecule has 1 aromatic carbocycles. The smallest absolute Gasteiger partial charge is 0.175 e. The van der Waals surface area contributed by atoms with Crippen LogP contribution in [0.1, 0.15) is 18.4 Å². The molecular weight excluding hydrogens is 222 g/mol. The molecule has 0 unspecified atom stereocenters. The number of nitrogens with one attached hydrogen (secondary N) is 1. The minimum atomic E-state index is -3.06. The zero-order valence-electron chi connectivity index (χ0n) is 9.86. The summed E-state index contributed by atoms with van der Waals surface area (Å²) in [5, 5.41) is 3.10. The second-order valence-corrected chi connectivity index (χ2v) is 5.99. The number of unbranched alkanes of at least 4 members (excludes halogenated alkanes) is 1. The van der Waals surface area contributed by atoms with Gasteiger partial charge in [0.1, 0.15) is 0 Å². The fourth-order valence-corrected chi connectivity index (χ4v) is 2.16. The number of hydrogen-bond donors (Lipinski definition) is 1. The van der Waals surface area contributed by atoms with Gasteiger partial charge in [0, 0.05) is 6.26 Å². The van der Waals surface area contributed by atoms with E-state index in [4.69, 9.17) is 0 Å². The van der Waals surface area contributed by atoms with Gasteiger partial charge in [0.25, 0.3) is 0 Å². The maximum Gasteiger partial charge on any atom is 0.175 e. The van der Waals surface area contributed by atoms with E-state index in [1.165, 1.54) is 11.8 Å². The Kier molecular flexibility index (Phi) is 4.96. The summed E-state index contributed by atoms with van der Waals surface area (Å²) in [5.41, 5.74) is 1.20. The average molecular weight is 241 g/mol. The van der Waals surface area contributed by atoms with E-state index in [1.54, 1.807) is 12.1 Å². The number of sulfone groups is 1. The topological polar surface area (TPSA) is 46.2 Å². The normalized spacial score (nSPS) is 11.6. The van der Waals surface area contributed by atoms with Gasteiger partial charge in [0.2, 0.25) is 0 Å². The van der Waals surface area contributed by atoms with Gasteiger partial charge in [-0.2, -0.15) is 0 Å². The third-order valence-electron chi connectivity index (χ3n) is 2.49. The highest BCUT2D eigenvalue weighted by Gasteiger charge is 2.05. The molecule has 0 atom stereocenters. The summed E-state index contributed by atoms with van der Waals surface area (Å²) in [6.45, 7) is 1.03. The molecule has 3 nitrogen and oxygen atoms in total. The third-order valence-corrected chi connectivity index (χ3v) is 3.62. The lowest BCUT2D eigenvalue weighted by molar-refractivity contribution is 0.602. The van der Waals surface area contributed by atoms with Crippen molar-refractivity contribution in [3.63, 3.8) is 0 Å². The van der Waals surface area contributed by atoms with E-state index in [2.05, 4.69) is 5.32 Å². The molecule has 0 aliphatic carbocycles. The van der Waals surface area contributed by atoms with Crippen LogP contribution in [0.2, 0.25) is 0 Å². The summed E-state index contributed by atoms with van der Waals surface area (Å²) < 4.78 is 22.5. The van der Waals surface area contributed by atoms with E-state index < -0.39 is 9.84 Å². The maximum atomic E-state index is 11.2. The Morgan fingerprint density at radius 1 is 1.12 bits per heavy atom. The molecule has 0 bridgehead atoms. The SMILES string of the molecule is CNCCCCc1ccc(S(C)(=O)=O)cc1. The van der Waals surface area contributed by atoms with Crippen LogP contribution >= 0.6 is 0 Å². The van der Waals surface area contributed by atoms with Crippen molar-refractivity contribution in [1.29, 1.82) is 0 Å². The van der Waals surface area contributed by atoms with Crippen molar-refractivity contribution in [1.82, 2.24) is 5.32 Å². The molecule has 0 heterocycles. The van der Waals surface area contributed by atoms with Crippen molar-refractivity contribution in [2.75, 3.05) is 19.8 Å². The fraction of sp³-hybridized carbons (Fsp3) is 0.500. The predicted molar refractivity (Wildman–Crippen MR) is 66.4 cm³/mol. The summed E-state index contributed by atoms with van der Waals surface area (Å²) in [7, 11) is -1.11. The van der Waals surface area contributed by atoms with Crippen molar-refractivity contribution in [2.45, 2.75) is 24.2 Å². The van der Waals surface area contributed by atoms with Crippen LogP contribution in [0.3, 0.4) is 0 Å². The second kappa shape index (κ2) is 6.01. The van der Waals surface area contributed by atoms with E-state index in [9.17, 15) is 8.42 Å². The van der Waals surface area contributed by atoms with Gasteiger partial charge in [-0.25, -0.2) is 8.42 Å². The zero-order chi connectivity index (χ0) is 12.0. The zero-order valence-corrected chi connectivity index (χ0v) is 10.7. The van der Waals surface area contributed by atoms with E-state index >= 15 is 0 Å². The van der Waals surface area contributed by atoms with E-state index in [0.717, 1.165) is 25.8 Å². The Labute approximate surface area is 97.8 Å². The lowest BCUT2D eigenvalue weighted by atomic mass is 10.1. The lowest BCUT2D eigenvalue weighted by Gasteiger charge is -2.03. The molecule has 16 heavy (non-hydrogen) atoms. The van der Waals surface area contributed by atoms with Crippen LogP contribution in [0.4, 0.5) is 0 Å². The van der Waals surface area contributed by atoms with E-state index in [-0.39, 0.29) is 0 Å². The Morgan fingerprint density at radius 2 is 1.75 bits per heavy atom. The van der Waals surface area contributed by atoms with Gasteiger partial charge in [0.05, 0.1) is 4.90 Å². The van der Waals surface area contributed by atoms with Gasteiger partial charge in [0.15, 0.2) is 9.84 Å². The van der Waals surface area contributed by atoms with Crippen LogP contribution in [0.15, 0.2) is 29.2 Å². The first-order valence-corrected chi connectivity index (χ1v) is 7.37. The Morgan fingerprint density at radius 3 is 2.25 bits per heavy atom. The van der Waals surface area contributed by atoms with Crippen LogP contribution in [0.25, 0.3) is 0 Å². The van der Waals surface area contributed by atoms with Crippen LogP contribution < -0.4 is 5.32 Å². The van der Waals surface area contributed by atoms with Crippen LogP contribution in [0, 0.1) is 0 Å². The van der Waals surface area contributed by atoms with Crippen molar-refractivity contribution in [3.05, 3.63) is 29.8 Å². The Hall–Kier alpha value is -0.870. The summed E-state index contributed by atoms with van der Waals surface area (Å²) in [6.07, 6.45) is 4.50. The first-order chi connectivity index (χ1) is 7.54. The summed E-state index contributed by atoms with van der Waals surface area (Å²) in [6, 6.07) is 7.16. The Bertz CT molecular complexity index is 409. The molecule has 0 saturated carbocycles. The molecule has 0 aliphatic heterocycles. The highest BCUT2D eigenvalue weighted by Crippen LogP contribution is 2.11. The minimum Gasteiger partial charge on any atom is -0.320 e. The fourth-order valence-electron chi connectivity index (χ4n) is 1.53. The molecule has 4 heteroatoms.